The molecule has 0 radical (unpaired) electrons. The SMILES string of the molecule is CC1OC(OC2C(CO)OC(OCC3OC(OC(=O)C45CCC(C)(C)CC4C4=CCC6C7(C)CCC(OC8OCC(O)C(O)C8OC8OC(C)C(O)C(O)C8O)C(C)(C)C7CCC6(C)C4(CO)CC5)C(O)C(O)C3O)C(O)C2O)C(O)C(O)C1O. The number of rotatable bonds is 13. The van der Waals surface area contributed by atoms with Crippen molar-refractivity contribution in [1.29, 1.82) is 0 Å². The molecule has 0 aromatic rings. The standard InChI is InChI=1S/C59H96O26/c1-24-34(63)38(67)42(71)49(78-24)83-46-29(20-60)80-48(45(74)41(46)70)77-22-30-37(66)40(69)44(73)51(81-30)85-53(75)58-16-15-54(3,4)19-27(58)26-9-10-32-56(7)13-12-33(55(5,6)31(56)11-14-57(32,8)59(26,23-61)18-17-58)82-52-47(36(65)28(62)21-76-52)84-50-43(72)39(68)35(64)25(2)79-50/h9,24-25,27-52,60-74H,10-23H2,1-8H3. The summed E-state index contributed by atoms with van der Waals surface area (Å²) in [7, 11) is 0. The van der Waals surface area contributed by atoms with Gasteiger partial charge in [-0.15, -0.1) is 0 Å². The summed E-state index contributed by atoms with van der Waals surface area (Å²) in [6.07, 6.45) is -29.7. The van der Waals surface area contributed by atoms with E-state index in [1.54, 1.807) is 0 Å². The molecule has 26 heteroatoms. The minimum atomic E-state index is -1.92. The van der Waals surface area contributed by atoms with Gasteiger partial charge in [0.05, 0.1) is 50.2 Å². The smallest absolute Gasteiger partial charge is 0.315 e. The van der Waals surface area contributed by atoms with Crippen molar-refractivity contribution in [3.63, 3.8) is 0 Å². The van der Waals surface area contributed by atoms with E-state index >= 15 is 4.79 Å². The van der Waals surface area contributed by atoms with Gasteiger partial charge in [0.15, 0.2) is 25.2 Å². The van der Waals surface area contributed by atoms with Crippen molar-refractivity contribution in [3.8, 4) is 0 Å². The molecule has 26 nitrogen and oxygen atoms in total. The van der Waals surface area contributed by atoms with E-state index in [0.29, 0.717) is 44.9 Å². The van der Waals surface area contributed by atoms with Crippen molar-refractivity contribution < 1.29 is 129 Å². The van der Waals surface area contributed by atoms with E-state index in [9.17, 15) is 76.6 Å². The summed E-state index contributed by atoms with van der Waals surface area (Å²) in [4.78, 5) is 15.3. The third-order valence-electron chi connectivity index (χ3n) is 23.0. The fraction of sp³-hybridized carbons (Fsp3) is 0.949. The van der Waals surface area contributed by atoms with Gasteiger partial charge in [0.25, 0.3) is 0 Å². The van der Waals surface area contributed by atoms with Crippen LogP contribution in [0.2, 0.25) is 0 Å². The van der Waals surface area contributed by atoms with Crippen LogP contribution >= 0.6 is 0 Å². The lowest BCUT2D eigenvalue weighted by atomic mass is 9.33. The van der Waals surface area contributed by atoms with Crippen molar-refractivity contribution in [2.75, 3.05) is 26.4 Å². The lowest BCUT2D eigenvalue weighted by Gasteiger charge is -2.71. The molecule has 9 fully saturated rings. The Morgan fingerprint density at radius 1 is 0.565 bits per heavy atom. The molecular weight excluding hydrogens is 1120 g/mol. The van der Waals surface area contributed by atoms with Gasteiger partial charge in [0.2, 0.25) is 6.29 Å². The fourth-order valence-electron chi connectivity index (χ4n) is 17.6. The Kier molecular flexibility index (Phi) is 19.0. The third kappa shape index (κ3) is 11.1. The molecule has 0 amide bonds. The quantitative estimate of drug-likeness (QED) is 0.0513. The molecule has 32 unspecified atom stereocenters. The van der Waals surface area contributed by atoms with E-state index in [2.05, 4.69) is 47.6 Å². The molecule has 4 saturated carbocycles. The highest BCUT2D eigenvalue weighted by atomic mass is 16.8. The van der Waals surface area contributed by atoms with Gasteiger partial charge in [-0.3, -0.25) is 4.79 Å². The number of hydrogen-bond donors (Lipinski definition) is 15. The second kappa shape index (κ2) is 24.4. The van der Waals surface area contributed by atoms with E-state index < -0.39 is 200 Å². The highest BCUT2D eigenvalue weighted by Crippen LogP contribution is 2.76. The van der Waals surface area contributed by atoms with Crippen molar-refractivity contribution in [2.24, 2.45) is 50.2 Å². The fourth-order valence-corrected chi connectivity index (χ4v) is 17.6. The van der Waals surface area contributed by atoms with Crippen molar-refractivity contribution in [1.82, 2.24) is 0 Å². The summed E-state index contributed by atoms with van der Waals surface area (Å²) >= 11 is 0. The van der Waals surface area contributed by atoms with Gasteiger partial charge in [0.1, 0.15) is 104 Å². The summed E-state index contributed by atoms with van der Waals surface area (Å²) in [5, 5.41) is 163. The number of aliphatic hydroxyl groups is 15. The zero-order valence-corrected chi connectivity index (χ0v) is 49.8. The second-order valence-electron chi connectivity index (χ2n) is 28.5. The molecule has 5 saturated heterocycles. The van der Waals surface area contributed by atoms with Crippen LogP contribution < -0.4 is 0 Å². The summed E-state index contributed by atoms with van der Waals surface area (Å²) in [6, 6.07) is 0. The average Bonchev–Trinajstić information content (AvgIpc) is 0.685. The highest BCUT2D eigenvalue weighted by Gasteiger charge is 2.71. The molecule has 0 spiro atoms. The van der Waals surface area contributed by atoms with Crippen LogP contribution in [0, 0.1) is 50.2 Å². The molecule has 0 aromatic carbocycles. The monoisotopic (exact) mass is 1220 g/mol. The molecule has 488 valence electrons. The van der Waals surface area contributed by atoms with Gasteiger partial charge in [-0.1, -0.05) is 53.2 Å². The molecular formula is C59H96O26. The number of esters is 1. The molecule has 15 N–H and O–H groups in total. The van der Waals surface area contributed by atoms with Crippen molar-refractivity contribution in [2.45, 2.75) is 273 Å². The number of ether oxygens (including phenoxy) is 10. The van der Waals surface area contributed by atoms with Crippen LogP contribution in [0.1, 0.15) is 120 Å². The predicted molar refractivity (Wildman–Crippen MR) is 288 cm³/mol. The normalized spacial score (nSPS) is 54.1. The number of carbonyl (C=O) groups is 1. The zero-order chi connectivity index (χ0) is 62.0. The molecule has 85 heavy (non-hydrogen) atoms. The Hall–Kier alpha value is -1.75. The molecule has 10 rings (SSSR count). The highest BCUT2D eigenvalue weighted by molar-refractivity contribution is 5.79. The van der Waals surface area contributed by atoms with E-state index in [-0.39, 0.29) is 35.9 Å². The van der Waals surface area contributed by atoms with Crippen LogP contribution in [0.15, 0.2) is 11.6 Å². The molecule has 5 aliphatic carbocycles. The van der Waals surface area contributed by atoms with E-state index in [4.69, 9.17) is 47.4 Å². The Morgan fingerprint density at radius 2 is 1.14 bits per heavy atom. The number of carbonyl (C=O) groups excluding carboxylic acids is 1. The maximum atomic E-state index is 15.3. The molecule has 32 atom stereocenters. The van der Waals surface area contributed by atoms with E-state index in [1.807, 2.05) is 0 Å². The van der Waals surface area contributed by atoms with Gasteiger partial charge in [-0.05, 0) is 117 Å². The Bertz CT molecular complexity index is 2360. The largest absolute Gasteiger partial charge is 0.432 e. The van der Waals surface area contributed by atoms with Crippen LogP contribution in [-0.2, 0) is 52.2 Å². The minimum Gasteiger partial charge on any atom is -0.432 e. The van der Waals surface area contributed by atoms with Gasteiger partial charge in [-0.25, -0.2) is 0 Å². The Morgan fingerprint density at radius 3 is 1.76 bits per heavy atom. The first kappa shape index (κ1) is 66.2. The molecule has 5 heterocycles. The maximum absolute atomic E-state index is 15.3. The number of fused-ring (bicyclic) bond motifs is 7. The molecule has 0 bridgehead atoms. The van der Waals surface area contributed by atoms with E-state index in [1.165, 1.54) is 13.8 Å². The molecule has 0 aromatic heterocycles. The first-order valence-electron chi connectivity index (χ1n) is 30.6. The maximum Gasteiger partial charge on any atom is 0.315 e. The molecule has 5 aliphatic heterocycles. The Labute approximate surface area is 494 Å². The van der Waals surface area contributed by atoms with Crippen LogP contribution in [-0.4, -0.2) is 263 Å². The van der Waals surface area contributed by atoms with Gasteiger partial charge in [-0.2, -0.15) is 0 Å². The van der Waals surface area contributed by atoms with E-state index in [0.717, 1.165) is 24.8 Å². The summed E-state index contributed by atoms with van der Waals surface area (Å²) < 4.78 is 59.5. The summed E-state index contributed by atoms with van der Waals surface area (Å²) in [5.41, 5.74) is -2.35. The zero-order valence-electron chi connectivity index (χ0n) is 49.8. The van der Waals surface area contributed by atoms with Crippen molar-refractivity contribution >= 4 is 5.97 Å². The van der Waals surface area contributed by atoms with Crippen LogP contribution in [0.4, 0.5) is 0 Å². The second-order valence-corrected chi connectivity index (χ2v) is 28.5. The summed E-state index contributed by atoms with van der Waals surface area (Å²) in [6.45, 7) is 14.3. The molecule has 10 aliphatic rings. The Balaban J connectivity index is 0.835. The lowest BCUT2D eigenvalue weighted by Crippen LogP contribution is -2.67. The van der Waals surface area contributed by atoms with Gasteiger partial charge < -0.3 is 124 Å². The lowest BCUT2D eigenvalue weighted by molar-refractivity contribution is -0.364. The van der Waals surface area contributed by atoms with Crippen LogP contribution in [0.25, 0.3) is 0 Å². The topological polar surface area (TPSA) is 413 Å². The third-order valence-corrected chi connectivity index (χ3v) is 23.0. The predicted octanol–water partition coefficient (Wildman–Crippen LogP) is -2.54. The minimum absolute atomic E-state index is 0.0732. The van der Waals surface area contributed by atoms with Crippen LogP contribution in [0.5, 0.6) is 0 Å². The van der Waals surface area contributed by atoms with Gasteiger partial charge >= 0.3 is 5.97 Å². The van der Waals surface area contributed by atoms with Crippen LogP contribution in [0.3, 0.4) is 0 Å². The average molecular weight is 1220 g/mol. The first-order valence-corrected chi connectivity index (χ1v) is 30.6. The summed E-state index contributed by atoms with van der Waals surface area (Å²) in [5.74, 6) is -0.916. The van der Waals surface area contributed by atoms with Crippen molar-refractivity contribution in [3.05, 3.63) is 11.6 Å². The number of aliphatic hydroxyl groups excluding tert-OH is 15. The van der Waals surface area contributed by atoms with Gasteiger partial charge in [0, 0.05) is 5.41 Å². The first-order chi connectivity index (χ1) is 39.8. The number of allylic oxidation sites excluding steroid dienone is 1. The number of hydrogen-bond acceptors (Lipinski definition) is 26.